The molecule has 0 aliphatic carbocycles. The molecule has 9 heteroatoms. The van der Waals surface area contributed by atoms with Crippen LogP contribution in [0.1, 0.15) is 13.8 Å². The van der Waals surface area contributed by atoms with Gasteiger partial charge < -0.3 is 20.7 Å². The Morgan fingerprint density at radius 2 is 2.00 bits per heavy atom. The first-order chi connectivity index (χ1) is 6.57. The van der Waals surface area contributed by atoms with Crippen molar-refractivity contribution in [2.75, 3.05) is 12.4 Å². The molecule has 90 valence electrons. The standard InChI is InChI=1S/C7H16N2O5S.Na/c1-7(2,4-15(12,13)14)9-6(11)5(8)3-10;/h5,10H,3-4,8H2,1-2H3,(H,9,11)(H,12,13,14);/q;+1/p-1. The number of nitrogens with two attached hydrogens (primary N) is 1. The molecule has 0 aromatic rings. The van der Waals surface area contributed by atoms with Crippen LogP contribution >= 0.6 is 0 Å². The molecule has 0 rings (SSSR count). The van der Waals surface area contributed by atoms with Gasteiger partial charge >= 0.3 is 29.6 Å². The molecule has 16 heavy (non-hydrogen) atoms. The van der Waals surface area contributed by atoms with Gasteiger partial charge in [-0.1, -0.05) is 0 Å². The Hall–Kier alpha value is 0.300. The van der Waals surface area contributed by atoms with E-state index >= 15 is 0 Å². The Balaban J connectivity index is 0. The average Bonchev–Trinajstić information content (AvgIpc) is 1.96. The maximum atomic E-state index is 11.2. The summed E-state index contributed by atoms with van der Waals surface area (Å²) in [6, 6.07) is -1.13. The molecule has 1 amide bonds. The summed E-state index contributed by atoms with van der Waals surface area (Å²) in [7, 11) is -4.43. The van der Waals surface area contributed by atoms with Crippen LogP contribution in [-0.4, -0.2) is 47.9 Å². The molecular formula is C7H15N2NaO5S. The first kappa shape index (κ1) is 18.7. The molecule has 0 saturated heterocycles. The number of rotatable bonds is 5. The smallest absolute Gasteiger partial charge is 0.748 e. The predicted octanol–water partition coefficient (Wildman–Crippen LogP) is -5.25. The predicted molar refractivity (Wildman–Crippen MR) is 51.8 cm³/mol. The summed E-state index contributed by atoms with van der Waals surface area (Å²) >= 11 is 0. The molecule has 4 N–H and O–H groups in total. The van der Waals surface area contributed by atoms with Gasteiger partial charge in [0.2, 0.25) is 5.91 Å². The van der Waals surface area contributed by atoms with E-state index in [1.165, 1.54) is 13.8 Å². The van der Waals surface area contributed by atoms with Crippen molar-refractivity contribution in [3.63, 3.8) is 0 Å². The minimum Gasteiger partial charge on any atom is -0.748 e. The third-order valence-electron chi connectivity index (χ3n) is 1.53. The van der Waals surface area contributed by atoms with E-state index in [0.717, 1.165) is 0 Å². The molecule has 0 aromatic carbocycles. The molecule has 1 atom stereocenters. The fourth-order valence-corrected chi connectivity index (χ4v) is 1.94. The summed E-state index contributed by atoms with van der Waals surface area (Å²) in [4.78, 5) is 11.2. The number of carbonyl (C=O) groups excluding carboxylic acids is 1. The second-order valence-corrected chi connectivity index (χ2v) is 5.27. The van der Waals surface area contributed by atoms with Gasteiger partial charge in [-0.3, -0.25) is 4.79 Å². The van der Waals surface area contributed by atoms with Gasteiger partial charge in [-0.2, -0.15) is 0 Å². The third kappa shape index (κ3) is 8.45. The van der Waals surface area contributed by atoms with E-state index in [4.69, 9.17) is 10.8 Å². The summed E-state index contributed by atoms with van der Waals surface area (Å²) in [6.45, 7) is 2.21. The molecule has 0 spiro atoms. The number of carbonyl (C=O) groups is 1. The fraction of sp³-hybridized carbons (Fsp3) is 0.857. The van der Waals surface area contributed by atoms with E-state index in [1.54, 1.807) is 0 Å². The molecule has 0 aliphatic heterocycles. The van der Waals surface area contributed by atoms with Gasteiger partial charge in [-0.25, -0.2) is 8.42 Å². The number of aliphatic hydroxyl groups excluding tert-OH is 1. The number of aliphatic hydroxyl groups is 1. The molecule has 0 fully saturated rings. The fourth-order valence-electron chi connectivity index (χ4n) is 0.987. The monoisotopic (exact) mass is 262 g/mol. The van der Waals surface area contributed by atoms with Crippen molar-refractivity contribution in [2.45, 2.75) is 25.4 Å². The van der Waals surface area contributed by atoms with Crippen molar-refractivity contribution in [3.8, 4) is 0 Å². The average molecular weight is 262 g/mol. The second-order valence-electron chi connectivity index (χ2n) is 3.86. The van der Waals surface area contributed by atoms with Crippen LogP contribution in [0.2, 0.25) is 0 Å². The number of nitrogens with one attached hydrogen (secondary N) is 1. The topological polar surface area (TPSA) is 133 Å². The van der Waals surface area contributed by atoms with Crippen LogP contribution in [0.3, 0.4) is 0 Å². The molecule has 0 radical (unpaired) electrons. The van der Waals surface area contributed by atoms with Gasteiger partial charge in [0.25, 0.3) is 0 Å². The number of hydrogen-bond acceptors (Lipinski definition) is 6. The molecule has 0 aromatic heterocycles. The summed E-state index contributed by atoms with van der Waals surface area (Å²) in [5.74, 6) is -1.43. The summed E-state index contributed by atoms with van der Waals surface area (Å²) in [6.07, 6.45) is 0. The first-order valence-electron chi connectivity index (χ1n) is 4.19. The molecule has 0 aliphatic rings. The third-order valence-corrected chi connectivity index (χ3v) is 2.61. The quantitative estimate of drug-likeness (QED) is 0.335. The van der Waals surface area contributed by atoms with Crippen molar-refractivity contribution < 1.29 is 52.4 Å². The zero-order chi connectivity index (χ0) is 12.3. The normalized spacial score (nSPS) is 13.8. The van der Waals surface area contributed by atoms with Gasteiger partial charge in [0, 0.05) is 5.54 Å². The van der Waals surface area contributed by atoms with E-state index in [1.807, 2.05) is 0 Å². The van der Waals surface area contributed by atoms with Crippen molar-refractivity contribution in [1.29, 1.82) is 0 Å². The minimum atomic E-state index is -4.43. The largest absolute Gasteiger partial charge is 1.00 e. The van der Waals surface area contributed by atoms with Crippen LogP contribution in [-0.2, 0) is 14.9 Å². The molecule has 0 heterocycles. The van der Waals surface area contributed by atoms with Crippen molar-refractivity contribution in [2.24, 2.45) is 5.73 Å². The van der Waals surface area contributed by atoms with Crippen LogP contribution in [0, 0.1) is 0 Å². The summed E-state index contributed by atoms with van der Waals surface area (Å²) in [5, 5.41) is 10.8. The van der Waals surface area contributed by atoms with Gasteiger partial charge in [0.15, 0.2) is 0 Å². The van der Waals surface area contributed by atoms with E-state index in [2.05, 4.69) is 5.32 Å². The van der Waals surface area contributed by atoms with Gasteiger partial charge in [-0.15, -0.1) is 0 Å². The van der Waals surface area contributed by atoms with Crippen molar-refractivity contribution >= 4 is 16.0 Å². The van der Waals surface area contributed by atoms with Gasteiger partial charge in [0.1, 0.15) is 6.04 Å². The molecule has 0 saturated carbocycles. The van der Waals surface area contributed by atoms with E-state index < -0.39 is 40.0 Å². The SMILES string of the molecule is CC(C)(CS(=O)(=O)[O-])NC(=O)C(N)CO.[Na+]. The summed E-state index contributed by atoms with van der Waals surface area (Å²) < 4.78 is 31.4. The van der Waals surface area contributed by atoms with E-state index in [-0.39, 0.29) is 29.6 Å². The van der Waals surface area contributed by atoms with Crippen molar-refractivity contribution in [1.82, 2.24) is 5.32 Å². The Morgan fingerprint density at radius 3 is 2.31 bits per heavy atom. The van der Waals surface area contributed by atoms with Crippen LogP contribution in [0.25, 0.3) is 0 Å². The maximum Gasteiger partial charge on any atom is 1.00 e. The van der Waals surface area contributed by atoms with E-state index in [0.29, 0.717) is 0 Å². The Bertz CT molecular complexity index is 330. The van der Waals surface area contributed by atoms with Gasteiger partial charge in [0.05, 0.1) is 22.5 Å². The van der Waals surface area contributed by atoms with Gasteiger partial charge in [-0.05, 0) is 13.8 Å². The first-order valence-corrected chi connectivity index (χ1v) is 5.77. The Kier molecular flexibility index (Phi) is 8.04. The zero-order valence-electron chi connectivity index (χ0n) is 9.56. The number of amides is 1. The minimum absolute atomic E-state index is 0. The molecule has 0 bridgehead atoms. The van der Waals surface area contributed by atoms with E-state index in [9.17, 15) is 17.8 Å². The molecular weight excluding hydrogens is 247 g/mol. The van der Waals surface area contributed by atoms with Crippen LogP contribution in [0.4, 0.5) is 0 Å². The Labute approximate surface area is 117 Å². The number of hydrogen-bond donors (Lipinski definition) is 3. The van der Waals surface area contributed by atoms with Crippen LogP contribution in [0.15, 0.2) is 0 Å². The van der Waals surface area contributed by atoms with Crippen LogP contribution in [0.5, 0.6) is 0 Å². The molecule has 7 nitrogen and oxygen atoms in total. The second kappa shape index (κ2) is 6.90. The summed E-state index contributed by atoms with van der Waals surface area (Å²) in [5.41, 5.74) is 3.99. The van der Waals surface area contributed by atoms with Crippen LogP contribution < -0.4 is 40.6 Å². The van der Waals surface area contributed by atoms with Crippen molar-refractivity contribution in [3.05, 3.63) is 0 Å². The molecule has 1 unspecified atom stereocenters. The zero-order valence-corrected chi connectivity index (χ0v) is 12.4. The Morgan fingerprint density at radius 1 is 1.56 bits per heavy atom. The maximum absolute atomic E-state index is 11.2.